The molecule has 0 saturated heterocycles. The van der Waals surface area contributed by atoms with Crippen LogP contribution in [0.15, 0.2) is 52.3 Å². The maximum atomic E-state index is 13.4. The summed E-state index contributed by atoms with van der Waals surface area (Å²) in [6.45, 7) is 3.35. The van der Waals surface area contributed by atoms with Gasteiger partial charge in [0, 0.05) is 35.1 Å². The highest BCUT2D eigenvalue weighted by Gasteiger charge is 2.21. The minimum atomic E-state index is -1.18. The van der Waals surface area contributed by atoms with Crippen LogP contribution in [0.25, 0.3) is 16.7 Å². The molecule has 28 heavy (non-hydrogen) atoms. The van der Waals surface area contributed by atoms with Crippen LogP contribution in [0, 0.1) is 0 Å². The molecule has 0 amide bonds. The molecule has 0 radical (unpaired) electrons. The Labute approximate surface area is 165 Å². The molecule has 0 saturated carbocycles. The minimum Gasteiger partial charge on any atom is -0.425 e. The van der Waals surface area contributed by atoms with E-state index in [0.717, 1.165) is 12.8 Å². The molecule has 1 atom stereocenters. The number of hydrogen-bond donors (Lipinski definition) is 0. The largest absolute Gasteiger partial charge is 0.425 e. The van der Waals surface area contributed by atoms with Crippen molar-refractivity contribution in [2.24, 2.45) is 0 Å². The fourth-order valence-electron chi connectivity index (χ4n) is 3.12. The third kappa shape index (κ3) is 3.89. The van der Waals surface area contributed by atoms with E-state index in [0.29, 0.717) is 33.6 Å². The third-order valence-corrected chi connectivity index (χ3v) is 5.33. The zero-order chi connectivity index (χ0) is 20.3. The van der Waals surface area contributed by atoms with E-state index < -0.39 is 16.8 Å². The van der Waals surface area contributed by atoms with Gasteiger partial charge in [-0.05, 0) is 43.2 Å². The van der Waals surface area contributed by atoms with Crippen molar-refractivity contribution in [2.45, 2.75) is 38.0 Å². The van der Waals surface area contributed by atoms with E-state index >= 15 is 0 Å². The van der Waals surface area contributed by atoms with Crippen LogP contribution in [0.5, 0.6) is 5.75 Å². The topological polar surface area (TPSA) is 78.3 Å². The summed E-state index contributed by atoms with van der Waals surface area (Å²) >= 11 is 0. The van der Waals surface area contributed by atoms with Gasteiger partial charge in [0.2, 0.25) is 0 Å². The van der Waals surface area contributed by atoms with E-state index in [1.165, 1.54) is 11.5 Å². The number of aromatic nitrogens is 2. The normalized spacial score (nSPS) is 12.1. The number of nitrogens with zero attached hydrogens (tertiary/aromatic N) is 2. The summed E-state index contributed by atoms with van der Waals surface area (Å²) in [5.41, 5.74) is 1.13. The third-order valence-electron chi connectivity index (χ3n) is 4.41. The number of ether oxygens (including phenoxy) is 1. The standard InChI is InChI=1S/C21H22N2O4S/c1-4-5-10-18-19(27-14(2)24)17-11-7-12-22-20(17)23(21(18)25)15-8-6-9-16(13-15)28(3)26/h6-9,11-13H,4-5,10H2,1-3H3. The van der Waals surface area contributed by atoms with Gasteiger partial charge in [0.1, 0.15) is 0 Å². The Bertz CT molecular complexity index is 1120. The van der Waals surface area contributed by atoms with Gasteiger partial charge in [0.25, 0.3) is 5.56 Å². The first-order valence-corrected chi connectivity index (χ1v) is 10.6. The molecule has 3 aromatic rings. The number of rotatable bonds is 6. The van der Waals surface area contributed by atoms with Crippen LogP contribution < -0.4 is 10.3 Å². The summed E-state index contributed by atoms with van der Waals surface area (Å²) in [7, 11) is -1.18. The van der Waals surface area contributed by atoms with Gasteiger partial charge in [-0.2, -0.15) is 0 Å². The van der Waals surface area contributed by atoms with Crippen LogP contribution in [0.4, 0.5) is 0 Å². The van der Waals surface area contributed by atoms with E-state index in [-0.39, 0.29) is 11.3 Å². The van der Waals surface area contributed by atoms with Crippen molar-refractivity contribution < 1.29 is 13.7 Å². The summed E-state index contributed by atoms with van der Waals surface area (Å²) < 4.78 is 18.9. The van der Waals surface area contributed by atoms with Crippen molar-refractivity contribution in [1.82, 2.24) is 9.55 Å². The van der Waals surface area contributed by atoms with Crippen molar-refractivity contribution in [3.05, 3.63) is 58.5 Å². The second-order valence-corrected chi connectivity index (χ2v) is 7.85. The molecular weight excluding hydrogens is 376 g/mol. The van der Waals surface area contributed by atoms with Gasteiger partial charge in [-0.1, -0.05) is 19.4 Å². The molecule has 0 spiro atoms. The molecule has 0 bridgehead atoms. The lowest BCUT2D eigenvalue weighted by atomic mass is 10.1. The lowest BCUT2D eigenvalue weighted by Gasteiger charge is -2.17. The number of hydrogen-bond acceptors (Lipinski definition) is 5. The maximum absolute atomic E-state index is 13.4. The predicted molar refractivity (Wildman–Crippen MR) is 110 cm³/mol. The molecule has 7 heteroatoms. The van der Waals surface area contributed by atoms with Gasteiger partial charge in [-0.25, -0.2) is 4.98 Å². The summed E-state index contributed by atoms with van der Waals surface area (Å²) in [6, 6.07) is 10.5. The van der Waals surface area contributed by atoms with Crippen LogP contribution in [0.2, 0.25) is 0 Å². The molecule has 6 nitrogen and oxygen atoms in total. The van der Waals surface area contributed by atoms with E-state index in [1.54, 1.807) is 48.9 Å². The van der Waals surface area contributed by atoms with Gasteiger partial charge in [0.15, 0.2) is 11.4 Å². The lowest BCUT2D eigenvalue weighted by Crippen LogP contribution is -2.25. The zero-order valence-electron chi connectivity index (χ0n) is 16.1. The van der Waals surface area contributed by atoms with Crippen molar-refractivity contribution in [2.75, 3.05) is 6.26 Å². The molecule has 3 rings (SSSR count). The number of carbonyl (C=O) groups excluding carboxylic acids is 1. The molecule has 0 fully saturated rings. The molecule has 1 aromatic carbocycles. The van der Waals surface area contributed by atoms with Gasteiger partial charge >= 0.3 is 5.97 Å². The molecule has 1 unspecified atom stereocenters. The van der Waals surface area contributed by atoms with E-state index in [1.807, 2.05) is 6.92 Å². The molecule has 0 aliphatic heterocycles. The number of unbranched alkanes of at least 4 members (excludes halogenated alkanes) is 1. The van der Waals surface area contributed by atoms with Gasteiger partial charge < -0.3 is 4.74 Å². The van der Waals surface area contributed by atoms with Gasteiger partial charge in [0.05, 0.1) is 16.6 Å². The Balaban J connectivity index is 2.39. The van der Waals surface area contributed by atoms with Crippen LogP contribution in [-0.2, 0) is 22.0 Å². The Kier molecular flexibility index (Phi) is 6.04. The second kappa shape index (κ2) is 8.48. The van der Waals surface area contributed by atoms with Crippen LogP contribution in [-0.4, -0.2) is 26.0 Å². The zero-order valence-corrected chi connectivity index (χ0v) is 16.9. The van der Waals surface area contributed by atoms with Crippen molar-refractivity contribution in [1.29, 1.82) is 0 Å². The fourth-order valence-corrected chi connectivity index (χ4v) is 3.68. The lowest BCUT2D eigenvalue weighted by molar-refractivity contribution is -0.131. The minimum absolute atomic E-state index is 0.278. The Hall–Kier alpha value is -2.80. The van der Waals surface area contributed by atoms with E-state index in [9.17, 15) is 13.8 Å². The molecule has 0 N–H and O–H groups in total. The number of pyridine rings is 2. The SMILES string of the molecule is CCCCc1c(OC(C)=O)c2cccnc2n(-c2cccc(S(C)=O)c2)c1=O. The summed E-state index contributed by atoms with van der Waals surface area (Å²) in [5.74, 6) is -0.205. The number of carbonyl (C=O) groups is 1. The first-order valence-electron chi connectivity index (χ1n) is 9.09. The summed E-state index contributed by atoms with van der Waals surface area (Å²) in [6.07, 6.45) is 5.35. The van der Waals surface area contributed by atoms with Crippen LogP contribution in [0.1, 0.15) is 32.3 Å². The quantitative estimate of drug-likeness (QED) is 0.595. The Morgan fingerprint density at radius 3 is 2.71 bits per heavy atom. The average Bonchev–Trinajstić information content (AvgIpc) is 2.67. The van der Waals surface area contributed by atoms with Crippen LogP contribution >= 0.6 is 0 Å². The highest BCUT2D eigenvalue weighted by atomic mass is 32.2. The van der Waals surface area contributed by atoms with E-state index in [2.05, 4.69) is 4.98 Å². The van der Waals surface area contributed by atoms with Crippen molar-refractivity contribution in [3.63, 3.8) is 0 Å². The highest BCUT2D eigenvalue weighted by Crippen LogP contribution is 2.29. The fraction of sp³-hybridized carbons (Fsp3) is 0.286. The Morgan fingerprint density at radius 1 is 1.25 bits per heavy atom. The molecule has 0 aliphatic carbocycles. The maximum Gasteiger partial charge on any atom is 0.308 e. The second-order valence-electron chi connectivity index (χ2n) is 6.47. The van der Waals surface area contributed by atoms with Crippen molar-refractivity contribution >= 4 is 27.8 Å². The first kappa shape index (κ1) is 19.9. The monoisotopic (exact) mass is 398 g/mol. The number of esters is 1. The summed E-state index contributed by atoms with van der Waals surface area (Å²) in [5, 5.41) is 0.589. The molecule has 146 valence electrons. The molecule has 2 aromatic heterocycles. The predicted octanol–water partition coefficient (Wildman–Crippen LogP) is 3.39. The molecule has 0 aliphatic rings. The van der Waals surface area contributed by atoms with Gasteiger partial charge in [-0.3, -0.25) is 18.4 Å². The molecule has 2 heterocycles. The van der Waals surface area contributed by atoms with Crippen molar-refractivity contribution in [3.8, 4) is 11.4 Å². The van der Waals surface area contributed by atoms with Gasteiger partial charge in [-0.15, -0.1) is 0 Å². The first-order chi connectivity index (χ1) is 13.4. The highest BCUT2D eigenvalue weighted by molar-refractivity contribution is 7.84. The smallest absolute Gasteiger partial charge is 0.308 e. The number of fused-ring (bicyclic) bond motifs is 1. The number of benzene rings is 1. The van der Waals surface area contributed by atoms with E-state index in [4.69, 9.17) is 4.74 Å². The summed E-state index contributed by atoms with van der Waals surface area (Å²) in [4.78, 5) is 30.1. The molecular formula is C21H22N2O4S. The Morgan fingerprint density at radius 2 is 2.04 bits per heavy atom. The average molecular weight is 398 g/mol. The van der Waals surface area contributed by atoms with Crippen LogP contribution in [0.3, 0.4) is 0 Å².